The number of thioether (sulfide) groups is 1. The SMILES string of the molecule is CC(=O)Nc1cccc(-n2c(C)nnc2SCc2csc(Cc3ccc(Cl)cc3)n2)c1. The molecule has 0 saturated heterocycles. The maximum absolute atomic E-state index is 11.4. The van der Waals surface area contributed by atoms with Crippen molar-refractivity contribution in [2.45, 2.75) is 31.2 Å². The number of anilines is 1. The number of thiazole rings is 1. The van der Waals surface area contributed by atoms with Gasteiger partial charge in [0.2, 0.25) is 5.91 Å². The Kier molecular flexibility index (Phi) is 6.70. The van der Waals surface area contributed by atoms with Gasteiger partial charge in [0, 0.05) is 35.2 Å². The Morgan fingerprint density at radius 1 is 1.19 bits per heavy atom. The minimum Gasteiger partial charge on any atom is -0.326 e. The quantitative estimate of drug-likeness (QED) is 0.360. The molecule has 0 aliphatic heterocycles. The minimum atomic E-state index is -0.106. The Morgan fingerprint density at radius 3 is 2.77 bits per heavy atom. The number of carbonyl (C=O) groups is 1. The number of aromatic nitrogens is 4. The van der Waals surface area contributed by atoms with Crippen LogP contribution in [0.5, 0.6) is 0 Å². The Morgan fingerprint density at radius 2 is 2.00 bits per heavy atom. The fourth-order valence-electron chi connectivity index (χ4n) is 3.07. The summed E-state index contributed by atoms with van der Waals surface area (Å²) in [6, 6.07) is 15.5. The maximum atomic E-state index is 11.4. The minimum absolute atomic E-state index is 0.106. The van der Waals surface area contributed by atoms with Crippen molar-refractivity contribution in [1.29, 1.82) is 0 Å². The van der Waals surface area contributed by atoms with Gasteiger partial charge in [0.25, 0.3) is 0 Å². The molecule has 0 unspecified atom stereocenters. The molecule has 0 fully saturated rings. The highest BCUT2D eigenvalue weighted by Gasteiger charge is 2.13. The molecular formula is C22H20ClN5OS2. The summed E-state index contributed by atoms with van der Waals surface area (Å²) in [5, 5.41) is 16.1. The summed E-state index contributed by atoms with van der Waals surface area (Å²) in [4.78, 5) is 16.1. The van der Waals surface area contributed by atoms with E-state index in [1.165, 1.54) is 12.5 Å². The van der Waals surface area contributed by atoms with Gasteiger partial charge in [-0.3, -0.25) is 9.36 Å². The van der Waals surface area contributed by atoms with E-state index in [4.69, 9.17) is 16.6 Å². The van der Waals surface area contributed by atoms with Gasteiger partial charge in [-0.25, -0.2) is 4.98 Å². The first kappa shape index (κ1) is 21.5. The predicted molar refractivity (Wildman–Crippen MR) is 126 cm³/mol. The molecule has 0 saturated carbocycles. The molecule has 0 spiro atoms. The van der Waals surface area contributed by atoms with Crippen molar-refractivity contribution in [1.82, 2.24) is 19.7 Å². The highest BCUT2D eigenvalue weighted by Crippen LogP contribution is 2.27. The zero-order valence-electron chi connectivity index (χ0n) is 17.0. The lowest BCUT2D eigenvalue weighted by Gasteiger charge is -2.10. The van der Waals surface area contributed by atoms with E-state index >= 15 is 0 Å². The van der Waals surface area contributed by atoms with Gasteiger partial charge >= 0.3 is 0 Å². The number of nitrogens with one attached hydrogen (secondary N) is 1. The molecule has 4 aromatic rings. The van der Waals surface area contributed by atoms with E-state index in [1.807, 2.05) is 60.0 Å². The van der Waals surface area contributed by atoms with Crippen LogP contribution in [0.3, 0.4) is 0 Å². The number of amides is 1. The van der Waals surface area contributed by atoms with Crippen molar-refractivity contribution in [3.63, 3.8) is 0 Å². The van der Waals surface area contributed by atoms with Gasteiger partial charge in [-0.2, -0.15) is 0 Å². The Bertz CT molecular complexity index is 1200. The van der Waals surface area contributed by atoms with Crippen molar-refractivity contribution in [3.05, 3.63) is 81.0 Å². The zero-order chi connectivity index (χ0) is 21.8. The highest BCUT2D eigenvalue weighted by molar-refractivity contribution is 7.98. The van der Waals surface area contributed by atoms with Crippen LogP contribution < -0.4 is 5.32 Å². The Labute approximate surface area is 193 Å². The third kappa shape index (κ3) is 5.52. The average Bonchev–Trinajstić information content (AvgIpc) is 3.34. The lowest BCUT2D eigenvalue weighted by atomic mass is 10.2. The smallest absolute Gasteiger partial charge is 0.221 e. The van der Waals surface area contributed by atoms with Crippen LogP contribution in [0.15, 0.2) is 59.1 Å². The zero-order valence-corrected chi connectivity index (χ0v) is 19.4. The third-order valence-electron chi connectivity index (χ3n) is 4.44. The molecule has 9 heteroatoms. The largest absolute Gasteiger partial charge is 0.326 e. The van der Waals surface area contributed by atoms with Crippen LogP contribution in [0.2, 0.25) is 5.02 Å². The molecule has 2 heterocycles. The van der Waals surface area contributed by atoms with Crippen LogP contribution in [0.25, 0.3) is 5.69 Å². The van der Waals surface area contributed by atoms with E-state index in [9.17, 15) is 4.79 Å². The summed E-state index contributed by atoms with van der Waals surface area (Å²) >= 11 is 9.20. The summed E-state index contributed by atoms with van der Waals surface area (Å²) in [6.45, 7) is 3.40. The number of carbonyl (C=O) groups excluding carboxylic acids is 1. The van der Waals surface area contributed by atoms with Crippen molar-refractivity contribution in [2.75, 3.05) is 5.32 Å². The van der Waals surface area contributed by atoms with Crippen molar-refractivity contribution in [2.24, 2.45) is 0 Å². The first-order valence-corrected chi connectivity index (χ1v) is 11.8. The summed E-state index contributed by atoms with van der Waals surface area (Å²) in [6.07, 6.45) is 0.789. The standard InChI is InChI=1S/C22H20ClN5OS2/c1-14-26-27-22(28(14)20-5-3-4-18(11-20)24-15(2)29)31-13-19-12-30-21(25-19)10-16-6-8-17(23)9-7-16/h3-9,11-12H,10,13H2,1-2H3,(H,24,29). The van der Waals surface area contributed by atoms with Crippen LogP contribution in [0.4, 0.5) is 5.69 Å². The molecular weight excluding hydrogens is 450 g/mol. The molecule has 2 aromatic heterocycles. The third-order valence-corrected chi connectivity index (χ3v) is 6.55. The van der Waals surface area contributed by atoms with Crippen molar-refractivity contribution in [3.8, 4) is 5.69 Å². The fourth-order valence-corrected chi connectivity index (χ4v) is 5.02. The first-order valence-electron chi connectivity index (χ1n) is 9.58. The van der Waals surface area contributed by atoms with E-state index < -0.39 is 0 Å². The lowest BCUT2D eigenvalue weighted by molar-refractivity contribution is -0.114. The normalized spacial score (nSPS) is 10.9. The van der Waals surface area contributed by atoms with Gasteiger partial charge in [0.05, 0.1) is 16.4 Å². The van der Waals surface area contributed by atoms with Gasteiger partial charge < -0.3 is 5.32 Å². The summed E-state index contributed by atoms with van der Waals surface area (Å²) in [7, 11) is 0. The van der Waals surface area contributed by atoms with Gasteiger partial charge in [-0.1, -0.05) is 41.6 Å². The van der Waals surface area contributed by atoms with Crippen LogP contribution in [-0.4, -0.2) is 25.7 Å². The van der Waals surface area contributed by atoms with Crippen LogP contribution in [0.1, 0.15) is 29.0 Å². The monoisotopic (exact) mass is 469 g/mol. The number of aryl methyl sites for hydroxylation is 1. The number of halogens is 1. The van der Waals surface area contributed by atoms with Crippen LogP contribution in [-0.2, 0) is 17.0 Å². The maximum Gasteiger partial charge on any atom is 0.221 e. The molecule has 0 aliphatic rings. The predicted octanol–water partition coefficient (Wildman–Crippen LogP) is 5.53. The molecule has 158 valence electrons. The van der Waals surface area contributed by atoms with E-state index in [0.717, 1.165) is 44.5 Å². The van der Waals surface area contributed by atoms with Crippen LogP contribution in [0, 0.1) is 6.92 Å². The molecule has 6 nitrogen and oxygen atoms in total. The second kappa shape index (κ2) is 9.64. The molecule has 0 atom stereocenters. The van der Waals surface area contributed by atoms with Crippen molar-refractivity contribution < 1.29 is 4.79 Å². The molecule has 0 aliphatic carbocycles. The topological polar surface area (TPSA) is 72.7 Å². The summed E-state index contributed by atoms with van der Waals surface area (Å²) in [5.74, 6) is 1.37. The first-order chi connectivity index (χ1) is 15.0. The summed E-state index contributed by atoms with van der Waals surface area (Å²) in [5.41, 5.74) is 3.84. The van der Waals surface area contributed by atoms with Gasteiger partial charge in [-0.05, 0) is 42.8 Å². The number of hydrogen-bond acceptors (Lipinski definition) is 6. The van der Waals surface area contributed by atoms with E-state index in [1.54, 1.807) is 23.1 Å². The van der Waals surface area contributed by atoms with Gasteiger partial charge in [-0.15, -0.1) is 21.5 Å². The highest BCUT2D eigenvalue weighted by atomic mass is 35.5. The van der Waals surface area contributed by atoms with E-state index in [-0.39, 0.29) is 5.91 Å². The van der Waals surface area contributed by atoms with Gasteiger partial charge in [0.15, 0.2) is 5.16 Å². The van der Waals surface area contributed by atoms with E-state index in [2.05, 4.69) is 20.9 Å². The number of hydrogen-bond donors (Lipinski definition) is 1. The molecule has 0 bridgehead atoms. The summed E-state index contributed by atoms with van der Waals surface area (Å²) < 4.78 is 1.98. The van der Waals surface area contributed by atoms with Crippen LogP contribution >= 0.6 is 34.7 Å². The molecule has 31 heavy (non-hydrogen) atoms. The fraction of sp³-hybridized carbons (Fsp3) is 0.182. The van der Waals surface area contributed by atoms with Gasteiger partial charge in [0.1, 0.15) is 5.82 Å². The Balaban J connectivity index is 1.46. The van der Waals surface area contributed by atoms with Crippen molar-refractivity contribution >= 4 is 46.3 Å². The second-order valence-corrected chi connectivity index (χ2v) is 9.24. The number of rotatable bonds is 7. The Hall–Kier alpha value is -2.68. The van der Waals surface area contributed by atoms with E-state index in [0.29, 0.717) is 5.75 Å². The molecule has 2 aromatic carbocycles. The number of nitrogens with zero attached hydrogens (tertiary/aromatic N) is 4. The molecule has 4 rings (SSSR count). The molecule has 1 N–H and O–H groups in total. The molecule has 0 radical (unpaired) electrons. The molecule has 1 amide bonds. The lowest BCUT2D eigenvalue weighted by Crippen LogP contribution is -2.07. The second-order valence-electron chi connectivity index (χ2n) is 6.92. The number of benzene rings is 2. The average molecular weight is 470 g/mol.